The molecular weight excluding hydrogens is 591 g/mol. The van der Waals surface area contributed by atoms with Crippen LogP contribution in [-0.4, -0.2) is 65.2 Å². The van der Waals surface area contributed by atoms with E-state index in [2.05, 4.69) is 27.1 Å². The molecule has 0 unspecified atom stereocenters. The number of hydrogen-bond acceptors (Lipinski definition) is 8. The third-order valence-electron chi connectivity index (χ3n) is 9.32. The summed E-state index contributed by atoms with van der Waals surface area (Å²) in [5.41, 5.74) is 5.27. The van der Waals surface area contributed by atoms with Crippen LogP contribution >= 0.6 is 11.3 Å². The smallest absolute Gasteiger partial charge is 0.274 e. The molecule has 4 aromatic rings. The number of aliphatic hydroxyl groups excluding tert-OH is 1. The number of pyridine rings is 2. The molecule has 0 atom stereocenters. The van der Waals surface area contributed by atoms with E-state index in [0.717, 1.165) is 68.0 Å². The first-order valence-corrected chi connectivity index (χ1v) is 16.4. The Morgan fingerprint density at radius 1 is 0.978 bits per heavy atom. The van der Waals surface area contributed by atoms with Gasteiger partial charge in [-0.2, -0.15) is 0 Å². The number of fused-ring (bicyclic) bond motifs is 3. The summed E-state index contributed by atoms with van der Waals surface area (Å²) < 4.78 is 16.7. The van der Waals surface area contributed by atoms with Crippen molar-refractivity contribution in [2.45, 2.75) is 38.7 Å². The lowest BCUT2D eigenvalue weighted by Gasteiger charge is -2.33. The zero-order chi connectivity index (χ0) is 31.2. The number of amides is 1. The molecule has 3 aromatic heterocycles. The van der Waals surface area contributed by atoms with Crippen molar-refractivity contribution in [3.8, 4) is 11.1 Å². The molecule has 45 heavy (non-hydrogen) atoms. The van der Waals surface area contributed by atoms with Crippen LogP contribution in [0.5, 0.6) is 0 Å². The Morgan fingerprint density at radius 3 is 2.53 bits per heavy atom. The zero-order valence-electron chi connectivity index (χ0n) is 25.6. The van der Waals surface area contributed by atoms with Crippen LogP contribution in [-0.2, 0) is 32.9 Å². The molecule has 1 fully saturated rings. The minimum Gasteiger partial charge on any atom is -0.392 e. The molecule has 5 heterocycles. The van der Waals surface area contributed by atoms with Gasteiger partial charge in [0.2, 0.25) is 0 Å². The third kappa shape index (κ3) is 5.53. The van der Waals surface area contributed by atoms with E-state index >= 15 is 4.39 Å². The van der Waals surface area contributed by atoms with Crippen molar-refractivity contribution in [2.24, 2.45) is 7.05 Å². The first kappa shape index (κ1) is 29.6. The van der Waals surface area contributed by atoms with Gasteiger partial charge in [-0.15, -0.1) is 11.3 Å². The summed E-state index contributed by atoms with van der Waals surface area (Å²) in [7, 11) is 3.75. The van der Waals surface area contributed by atoms with Crippen LogP contribution in [0.25, 0.3) is 11.1 Å². The number of likely N-dealkylation sites (N-methyl/N-ethyl adjacent to an activating group) is 1. The molecular formula is C34H37FN6O3S. The predicted octanol–water partition coefficient (Wildman–Crippen LogP) is 4.72. The van der Waals surface area contributed by atoms with Crippen molar-refractivity contribution < 1.29 is 14.3 Å². The van der Waals surface area contributed by atoms with Crippen LogP contribution in [0.4, 0.5) is 27.3 Å². The highest BCUT2D eigenvalue weighted by molar-refractivity contribution is 7.14. The Labute approximate surface area is 265 Å². The topological polar surface area (TPSA) is 93.9 Å². The summed E-state index contributed by atoms with van der Waals surface area (Å²) in [5, 5.41) is 13.8. The van der Waals surface area contributed by atoms with Crippen LogP contribution in [0.15, 0.2) is 47.5 Å². The van der Waals surface area contributed by atoms with Gasteiger partial charge in [-0.25, -0.2) is 9.37 Å². The Bertz CT molecular complexity index is 1830. The molecule has 1 aromatic carbocycles. The van der Waals surface area contributed by atoms with E-state index in [1.54, 1.807) is 41.7 Å². The van der Waals surface area contributed by atoms with Crippen molar-refractivity contribution >= 4 is 40.1 Å². The largest absolute Gasteiger partial charge is 0.392 e. The number of carbonyl (C=O) groups excluding carboxylic acids is 1. The maximum absolute atomic E-state index is 15.3. The van der Waals surface area contributed by atoms with Gasteiger partial charge < -0.3 is 29.7 Å². The molecule has 0 radical (unpaired) electrons. The lowest BCUT2D eigenvalue weighted by molar-refractivity contribution is 0.0984. The minimum atomic E-state index is -0.522. The van der Waals surface area contributed by atoms with Crippen molar-refractivity contribution in [1.82, 2.24) is 14.5 Å². The van der Waals surface area contributed by atoms with Gasteiger partial charge in [-0.3, -0.25) is 9.59 Å². The minimum absolute atomic E-state index is 0.143. The molecule has 2 N–H and O–H groups in total. The van der Waals surface area contributed by atoms with Crippen LogP contribution < -0.4 is 20.7 Å². The van der Waals surface area contributed by atoms with Gasteiger partial charge in [0.25, 0.3) is 11.5 Å². The van der Waals surface area contributed by atoms with E-state index in [-0.39, 0.29) is 17.2 Å². The Morgan fingerprint density at radius 2 is 1.78 bits per heavy atom. The van der Waals surface area contributed by atoms with Crippen molar-refractivity contribution in [1.29, 1.82) is 0 Å². The number of benzene rings is 1. The number of aliphatic hydroxyl groups is 1. The van der Waals surface area contributed by atoms with Gasteiger partial charge in [0.1, 0.15) is 17.3 Å². The fraction of sp³-hybridized carbons (Fsp3) is 0.382. The summed E-state index contributed by atoms with van der Waals surface area (Å²) in [6.45, 7) is 3.85. The number of nitrogens with one attached hydrogen (secondary N) is 1. The highest BCUT2D eigenvalue weighted by Crippen LogP contribution is 2.41. The van der Waals surface area contributed by atoms with E-state index in [4.69, 9.17) is 0 Å². The van der Waals surface area contributed by atoms with Crippen LogP contribution in [0.2, 0.25) is 0 Å². The Hall–Kier alpha value is -4.06. The normalized spacial score (nSPS) is 16.9. The highest BCUT2D eigenvalue weighted by Gasteiger charge is 2.33. The molecule has 9 nitrogen and oxygen atoms in total. The van der Waals surface area contributed by atoms with E-state index in [9.17, 15) is 14.7 Å². The molecule has 1 aliphatic carbocycles. The molecule has 1 amide bonds. The summed E-state index contributed by atoms with van der Waals surface area (Å²) in [4.78, 5) is 39.8. The molecule has 0 bridgehead atoms. The SMILES string of the molecule is CN1CCN(c2ccc(Nc3cc(-c4cc(F)cc(N5CCc6c(sc7c6CCCC7)C5=O)c4CO)cn(C)c3=O)nc2)CC1. The van der Waals surface area contributed by atoms with Gasteiger partial charge >= 0.3 is 0 Å². The summed E-state index contributed by atoms with van der Waals surface area (Å²) >= 11 is 1.57. The lowest BCUT2D eigenvalue weighted by Crippen LogP contribution is -2.44. The number of piperazine rings is 1. The average molecular weight is 629 g/mol. The molecule has 1 saturated heterocycles. The fourth-order valence-electron chi connectivity index (χ4n) is 6.83. The highest BCUT2D eigenvalue weighted by atomic mass is 32.1. The monoisotopic (exact) mass is 628 g/mol. The maximum Gasteiger partial charge on any atom is 0.274 e. The lowest BCUT2D eigenvalue weighted by atomic mass is 9.91. The quantitative estimate of drug-likeness (QED) is 0.319. The standard InChI is InChI=1S/C34H37FN6O3S/c1-38-11-13-40(14-12-38)23-7-8-31(36-18-23)37-28-15-21(19-39(2)33(28)43)26-16-22(35)17-29(27(26)20-42)41-10-9-25-24-5-3-4-6-30(24)45-32(25)34(41)44/h7-8,15-19,42H,3-6,9-14,20H2,1-2H3,(H,36,37). The second kappa shape index (κ2) is 12.0. The molecule has 0 spiro atoms. The Kier molecular flexibility index (Phi) is 7.93. The average Bonchev–Trinajstić information content (AvgIpc) is 3.43. The molecule has 11 heteroatoms. The third-order valence-corrected chi connectivity index (χ3v) is 10.6. The fourth-order valence-corrected chi connectivity index (χ4v) is 8.22. The summed E-state index contributed by atoms with van der Waals surface area (Å²) in [6, 6.07) is 8.17. The van der Waals surface area contributed by atoms with Crippen molar-refractivity contribution in [3.63, 3.8) is 0 Å². The van der Waals surface area contributed by atoms with Crippen LogP contribution in [0, 0.1) is 5.82 Å². The van der Waals surface area contributed by atoms with Gasteiger partial charge in [0.05, 0.1) is 29.1 Å². The number of thiophene rings is 1. The molecule has 7 rings (SSSR count). The second-order valence-electron chi connectivity index (χ2n) is 12.2. The zero-order valence-corrected chi connectivity index (χ0v) is 26.4. The second-order valence-corrected chi connectivity index (χ2v) is 13.3. The maximum atomic E-state index is 15.3. The van der Waals surface area contributed by atoms with Crippen LogP contribution in [0.1, 0.15) is 44.1 Å². The van der Waals surface area contributed by atoms with E-state index in [1.807, 2.05) is 12.1 Å². The summed E-state index contributed by atoms with van der Waals surface area (Å²) in [5.74, 6) is -0.153. The number of aromatic nitrogens is 2. The number of aryl methyl sites for hydroxylation is 2. The van der Waals surface area contributed by atoms with E-state index in [0.29, 0.717) is 41.2 Å². The number of hydrogen-bond donors (Lipinski definition) is 2. The molecule has 234 valence electrons. The number of rotatable bonds is 6. The molecule has 0 saturated carbocycles. The van der Waals surface area contributed by atoms with E-state index < -0.39 is 12.4 Å². The van der Waals surface area contributed by atoms with Gasteiger partial charge in [-0.1, -0.05) is 0 Å². The van der Waals surface area contributed by atoms with E-state index in [1.165, 1.54) is 27.1 Å². The molecule has 2 aliphatic heterocycles. The van der Waals surface area contributed by atoms with Crippen LogP contribution in [0.3, 0.4) is 0 Å². The number of halogens is 1. The van der Waals surface area contributed by atoms with Gasteiger partial charge in [0, 0.05) is 62.0 Å². The number of nitrogens with zero attached hydrogens (tertiary/aromatic N) is 5. The number of anilines is 4. The van der Waals surface area contributed by atoms with Crippen molar-refractivity contribution in [2.75, 3.05) is 54.9 Å². The van der Waals surface area contributed by atoms with Gasteiger partial charge in [0.15, 0.2) is 0 Å². The predicted molar refractivity (Wildman–Crippen MR) is 177 cm³/mol. The number of carbonyl (C=O) groups is 1. The van der Waals surface area contributed by atoms with Gasteiger partial charge in [-0.05, 0) is 86.2 Å². The molecule has 3 aliphatic rings. The first-order chi connectivity index (χ1) is 21.8. The first-order valence-electron chi connectivity index (χ1n) is 15.6. The Balaban J connectivity index is 1.20. The summed E-state index contributed by atoms with van der Waals surface area (Å²) in [6.07, 6.45) is 8.43. The van der Waals surface area contributed by atoms with Crippen molar-refractivity contribution in [3.05, 3.63) is 85.3 Å².